The molecule has 0 N–H and O–H groups in total. The first-order valence-corrected chi connectivity index (χ1v) is 11.5. The van der Waals surface area contributed by atoms with Crippen LogP contribution in [0.4, 0.5) is 0 Å². The molecule has 0 saturated heterocycles. The van der Waals surface area contributed by atoms with Gasteiger partial charge in [-0.3, -0.25) is 4.79 Å². The van der Waals surface area contributed by atoms with Crippen molar-refractivity contribution >= 4 is 27.3 Å². The predicted octanol–water partition coefficient (Wildman–Crippen LogP) is 4.72. The highest BCUT2D eigenvalue weighted by molar-refractivity contribution is 7.89. The number of rotatable bonds is 9. The van der Waals surface area contributed by atoms with E-state index in [1.165, 1.54) is 6.26 Å². The number of benzene rings is 2. The molecule has 0 fully saturated rings. The molecule has 6 heteroatoms. The molecule has 27 heavy (non-hydrogen) atoms. The SMILES string of the molecule is CCCCCN(Cc1ccc(Cl)cc1)C(=O)c1ccc(CS(C)(=O)=O)cc1. The summed E-state index contributed by atoms with van der Waals surface area (Å²) in [6.07, 6.45) is 4.30. The molecule has 2 aromatic carbocycles. The Morgan fingerprint density at radius 3 is 2.11 bits per heavy atom. The maximum absolute atomic E-state index is 13.0. The third-order valence-corrected chi connectivity index (χ3v) is 5.34. The number of nitrogens with zero attached hydrogens (tertiary/aromatic N) is 1. The monoisotopic (exact) mass is 407 g/mol. The zero-order valence-corrected chi connectivity index (χ0v) is 17.4. The molecule has 0 aliphatic heterocycles. The minimum absolute atomic E-state index is 0.0214. The van der Waals surface area contributed by atoms with Gasteiger partial charge in [-0.15, -0.1) is 0 Å². The van der Waals surface area contributed by atoms with E-state index in [1.807, 2.05) is 29.2 Å². The quantitative estimate of drug-likeness (QED) is 0.565. The van der Waals surface area contributed by atoms with Crippen LogP contribution < -0.4 is 0 Å². The van der Waals surface area contributed by atoms with E-state index in [-0.39, 0.29) is 11.7 Å². The molecule has 0 bridgehead atoms. The van der Waals surface area contributed by atoms with Crippen molar-refractivity contribution in [3.8, 4) is 0 Å². The average Bonchev–Trinajstić information content (AvgIpc) is 2.61. The Labute approximate surface area is 167 Å². The van der Waals surface area contributed by atoms with Crippen LogP contribution in [-0.2, 0) is 22.1 Å². The van der Waals surface area contributed by atoms with Gasteiger partial charge in [-0.2, -0.15) is 0 Å². The van der Waals surface area contributed by atoms with Crippen molar-refractivity contribution in [3.05, 3.63) is 70.2 Å². The number of unbranched alkanes of at least 4 members (excludes halogenated alkanes) is 2. The maximum atomic E-state index is 13.0. The highest BCUT2D eigenvalue weighted by Gasteiger charge is 2.16. The Balaban J connectivity index is 2.15. The van der Waals surface area contributed by atoms with E-state index in [2.05, 4.69) is 6.92 Å². The van der Waals surface area contributed by atoms with E-state index in [1.54, 1.807) is 24.3 Å². The number of halogens is 1. The number of amides is 1. The van der Waals surface area contributed by atoms with Crippen molar-refractivity contribution in [1.29, 1.82) is 0 Å². The fourth-order valence-corrected chi connectivity index (χ4v) is 3.77. The first-order valence-electron chi connectivity index (χ1n) is 9.09. The van der Waals surface area contributed by atoms with Gasteiger partial charge in [0.1, 0.15) is 0 Å². The normalized spacial score (nSPS) is 11.4. The lowest BCUT2D eigenvalue weighted by molar-refractivity contribution is 0.0740. The van der Waals surface area contributed by atoms with Crippen LogP contribution in [0.5, 0.6) is 0 Å². The van der Waals surface area contributed by atoms with Crippen LogP contribution in [0, 0.1) is 0 Å². The number of hydrogen-bond acceptors (Lipinski definition) is 3. The summed E-state index contributed by atoms with van der Waals surface area (Å²) in [5.74, 6) is -0.0705. The van der Waals surface area contributed by atoms with Gasteiger partial charge >= 0.3 is 0 Å². The summed E-state index contributed by atoms with van der Waals surface area (Å²) >= 11 is 5.95. The average molecular weight is 408 g/mol. The third kappa shape index (κ3) is 7.35. The first-order chi connectivity index (χ1) is 12.8. The highest BCUT2D eigenvalue weighted by Crippen LogP contribution is 2.16. The van der Waals surface area contributed by atoms with Gasteiger partial charge in [0.05, 0.1) is 5.75 Å². The molecule has 1 amide bonds. The summed E-state index contributed by atoms with van der Waals surface area (Å²) in [4.78, 5) is 14.8. The van der Waals surface area contributed by atoms with Crippen LogP contribution in [0.15, 0.2) is 48.5 Å². The van der Waals surface area contributed by atoms with Crippen LogP contribution >= 0.6 is 11.6 Å². The van der Waals surface area contributed by atoms with Gasteiger partial charge in [0.25, 0.3) is 5.91 Å². The zero-order valence-electron chi connectivity index (χ0n) is 15.8. The van der Waals surface area contributed by atoms with Crippen molar-refractivity contribution in [2.75, 3.05) is 12.8 Å². The number of sulfone groups is 1. The molecule has 2 aromatic rings. The molecule has 0 aliphatic carbocycles. The topological polar surface area (TPSA) is 54.5 Å². The van der Waals surface area contributed by atoms with Gasteiger partial charge in [-0.1, -0.05) is 55.6 Å². The molecule has 2 rings (SSSR count). The van der Waals surface area contributed by atoms with Gasteiger partial charge in [-0.05, 0) is 41.8 Å². The molecule has 0 spiro atoms. The fraction of sp³-hybridized carbons (Fsp3) is 0.381. The molecule has 146 valence electrons. The summed E-state index contributed by atoms with van der Waals surface area (Å²) in [6, 6.07) is 14.3. The number of carbonyl (C=O) groups excluding carboxylic acids is 1. The standard InChI is InChI=1S/C21H26ClNO3S/c1-3-4-5-14-23(15-17-8-12-20(22)13-9-17)21(24)19-10-6-18(7-11-19)16-27(2,25)26/h6-13H,3-5,14-16H2,1-2H3. The van der Waals surface area contributed by atoms with Crippen molar-refractivity contribution in [2.24, 2.45) is 0 Å². The lowest BCUT2D eigenvalue weighted by Gasteiger charge is -2.23. The van der Waals surface area contributed by atoms with E-state index in [0.717, 1.165) is 24.8 Å². The second-order valence-electron chi connectivity index (χ2n) is 6.83. The van der Waals surface area contributed by atoms with Crippen LogP contribution in [0.2, 0.25) is 5.02 Å². The van der Waals surface area contributed by atoms with E-state index in [4.69, 9.17) is 11.6 Å². The molecule has 0 aliphatic rings. The second-order valence-corrected chi connectivity index (χ2v) is 9.40. The molecule has 0 aromatic heterocycles. The van der Waals surface area contributed by atoms with E-state index >= 15 is 0 Å². The molecular weight excluding hydrogens is 382 g/mol. The van der Waals surface area contributed by atoms with Gasteiger partial charge in [0.2, 0.25) is 0 Å². The van der Waals surface area contributed by atoms with E-state index in [0.29, 0.717) is 29.2 Å². The lowest BCUT2D eigenvalue weighted by Crippen LogP contribution is -2.31. The van der Waals surface area contributed by atoms with Crippen LogP contribution in [-0.4, -0.2) is 32.0 Å². The Kier molecular flexibility index (Phi) is 7.87. The van der Waals surface area contributed by atoms with Gasteiger partial charge < -0.3 is 4.90 Å². The van der Waals surface area contributed by atoms with E-state index < -0.39 is 9.84 Å². The highest BCUT2D eigenvalue weighted by atomic mass is 35.5. The molecular formula is C21H26ClNO3S. The van der Waals surface area contributed by atoms with Crippen LogP contribution in [0.1, 0.15) is 47.7 Å². The minimum Gasteiger partial charge on any atom is -0.334 e. The summed E-state index contributed by atoms with van der Waals surface area (Å²) in [5.41, 5.74) is 2.28. The van der Waals surface area contributed by atoms with E-state index in [9.17, 15) is 13.2 Å². The molecule has 0 saturated carbocycles. The molecule has 0 unspecified atom stereocenters. The number of hydrogen-bond donors (Lipinski definition) is 0. The third-order valence-electron chi connectivity index (χ3n) is 4.24. The fourth-order valence-electron chi connectivity index (χ4n) is 2.84. The van der Waals surface area contributed by atoms with Gasteiger partial charge in [0.15, 0.2) is 9.84 Å². The Bertz CT molecular complexity index is 846. The summed E-state index contributed by atoms with van der Waals surface area (Å²) < 4.78 is 22.8. The molecule has 4 nitrogen and oxygen atoms in total. The number of carbonyl (C=O) groups is 1. The Hall–Kier alpha value is -1.85. The van der Waals surface area contributed by atoms with Crippen molar-refractivity contribution in [3.63, 3.8) is 0 Å². The molecule has 0 atom stereocenters. The Morgan fingerprint density at radius 1 is 0.963 bits per heavy atom. The molecule has 0 radical (unpaired) electrons. The van der Waals surface area contributed by atoms with Crippen molar-refractivity contribution < 1.29 is 13.2 Å². The second kappa shape index (κ2) is 9.90. The smallest absolute Gasteiger partial charge is 0.254 e. The van der Waals surface area contributed by atoms with Crippen molar-refractivity contribution in [2.45, 2.75) is 38.5 Å². The van der Waals surface area contributed by atoms with Gasteiger partial charge in [-0.25, -0.2) is 8.42 Å². The maximum Gasteiger partial charge on any atom is 0.254 e. The Morgan fingerprint density at radius 2 is 1.56 bits per heavy atom. The summed E-state index contributed by atoms with van der Waals surface area (Å²) in [7, 11) is -3.09. The van der Waals surface area contributed by atoms with Crippen molar-refractivity contribution in [1.82, 2.24) is 4.90 Å². The summed E-state index contributed by atoms with van der Waals surface area (Å²) in [5, 5.41) is 0.670. The largest absolute Gasteiger partial charge is 0.334 e. The van der Waals surface area contributed by atoms with Gasteiger partial charge in [0, 0.05) is 29.9 Å². The summed E-state index contributed by atoms with van der Waals surface area (Å²) in [6.45, 7) is 3.33. The minimum atomic E-state index is -3.09. The zero-order chi connectivity index (χ0) is 19.9. The van der Waals surface area contributed by atoms with Crippen LogP contribution in [0.3, 0.4) is 0 Å². The van der Waals surface area contributed by atoms with Crippen LogP contribution in [0.25, 0.3) is 0 Å². The first kappa shape index (κ1) is 21.5. The lowest BCUT2D eigenvalue weighted by atomic mass is 10.1. The molecule has 0 heterocycles. The predicted molar refractivity (Wildman–Crippen MR) is 111 cm³/mol.